The number of hydrogen-bond donors (Lipinski definition) is 2. The summed E-state index contributed by atoms with van der Waals surface area (Å²) >= 11 is 0. The lowest BCUT2D eigenvalue weighted by atomic mass is 10.4. The lowest BCUT2D eigenvalue weighted by molar-refractivity contribution is 0.250. The van der Waals surface area contributed by atoms with Crippen molar-refractivity contribution >= 4 is 6.02 Å². The molecule has 3 nitrogen and oxygen atoms in total. The van der Waals surface area contributed by atoms with Gasteiger partial charge >= 0.3 is 0 Å². The SMILES string of the molecule is CC1CNC(=N)O1. The van der Waals surface area contributed by atoms with E-state index in [4.69, 9.17) is 10.1 Å². The predicted octanol–water partition coefficient (Wildman–Crippen LogP) is -0.0705. The predicted molar refractivity (Wildman–Crippen MR) is 26.3 cm³/mol. The summed E-state index contributed by atoms with van der Waals surface area (Å²) in [6.07, 6.45) is 0.187. The number of amidine groups is 1. The Balaban J connectivity index is 2.40. The summed E-state index contributed by atoms with van der Waals surface area (Å²) in [6, 6.07) is 0.201. The Morgan fingerprint density at radius 1 is 2.00 bits per heavy atom. The zero-order valence-corrected chi connectivity index (χ0v) is 4.19. The van der Waals surface area contributed by atoms with Gasteiger partial charge in [-0.25, -0.2) is 0 Å². The second kappa shape index (κ2) is 1.40. The van der Waals surface area contributed by atoms with Crippen LogP contribution in [0.4, 0.5) is 0 Å². The van der Waals surface area contributed by atoms with Crippen LogP contribution < -0.4 is 5.32 Å². The highest BCUT2D eigenvalue weighted by molar-refractivity contribution is 5.71. The second-order valence-corrected chi connectivity index (χ2v) is 1.64. The summed E-state index contributed by atoms with van der Waals surface area (Å²) in [5.74, 6) is 0. The van der Waals surface area contributed by atoms with Gasteiger partial charge in [0, 0.05) is 0 Å². The maximum atomic E-state index is 6.85. The van der Waals surface area contributed by atoms with Gasteiger partial charge in [-0.15, -0.1) is 0 Å². The van der Waals surface area contributed by atoms with Crippen LogP contribution in [0.1, 0.15) is 6.92 Å². The summed E-state index contributed by atoms with van der Waals surface area (Å²) in [5.41, 5.74) is 0. The maximum Gasteiger partial charge on any atom is 0.282 e. The summed E-state index contributed by atoms with van der Waals surface area (Å²) in [6.45, 7) is 2.70. The Labute approximate surface area is 42.2 Å². The molecule has 3 heteroatoms. The van der Waals surface area contributed by atoms with E-state index in [-0.39, 0.29) is 12.1 Å². The molecule has 1 unspecified atom stereocenters. The van der Waals surface area contributed by atoms with E-state index in [1.807, 2.05) is 6.92 Å². The molecule has 1 atom stereocenters. The van der Waals surface area contributed by atoms with Gasteiger partial charge in [0.25, 0.3) is 6.02 Å². The Hall–Kier alpha value is -0.730. The number of rotatable bonds is 0. The molecule has 40 valence electrons. The van der Waals surface area contributed by atoms with E-state index >= 15 is 0 Å². The number of hydrogen-bond acceptors (Lipinski definition) is 2. The number of ether oxygens (including phenoxy) is 1. The van der Waals surface area contributed by atoms with Gasteiger partial charge in [0.05, 0.1) is 6.54 Å². The third-order valence-corrected chi connectivity index (χ3v) is 0.869. The van der Waals surface area contributed by atoms with Crippen LogP contribution in [0.15, 0.2) is 0 Å². The Morgan fingerprint density at radius 2 is 2.71 bits per heavy atom. The Morgan fingerprint density at radius 3 is 2.86 bits per heavy atom. The maximum absolute atomic E-state index is 6.85. The molecule has 1 heterocycles. The van der Waals surface area contributed by atoms with Crippen LogP contribution in [-0.4, -0.2) is 18.7 Å². The van der Waals surface area contributed by atoms with Crippen LogP contribution in [0.3, 0.4) is 0 Å². The Kier molecular flexibility index (Phi) is 0.889. The van der Waals surface area contributed by atoms with Gasteiger partial charge in [0.15, 0.2) is 0 Å². The normalized spacial score (nSPS) is 29.3. The molecule has 7 heavy (non-hydrogen) atoms. The molecule has 2 N–H and O–H groups in total. The molecular weight excluding hydrogens is 92.1 g/mol. The molecule has 1 rings (SSSR count). The topological polar surface area (TPSA) is 45.1 Å². The minimum atomic E-state index is 0.187. The van der Waals surface area contributed by atoms with Gasteiger partial charge in [0.2, 0.25) is 0 Å². The fourth-order valence-electron chi connectivity index (χ4n) is 0.521. The minimum absolute atomic E-state index is 0.187. The molecular formula is C4H8N2O. The van der Waals surface area contributed by atoms with Crippen LogP contribution >= 0.6 is 0 Å². The third kappa shape index (κ3) is 0.824. The van der Waals surface area contributed by atoms with Gasteiger partial charge in [-0.1, -0.05) is 0 Å². The highest BCUT2D eigenvalue weighted by atomic mass is 16.5. The smallest absolute Gasteiger partial charge is 0.282 e. The molecule has 0 spiro atoms. The Bertz CT molecular complexity index is 91.7. The average Bonchev–Trinajstić information content (AvgIpc) is 1.87. The van der Waals surface area contributed by atoms with Gasteiger partial charge in [-0.05, 0) is 6.92 Å². The van der Waals surface area contributed by atoms with Gasteiger partial charge in [-0.2, -0.15) is 0 Å². The fourth-order valence-corrected chi connectivity index (χ4v) is 0.521. The standard InChI is InChI=1S/C4H8N2O/c1-3-2-6-4(5)7-3/h3H,2H2,1H3,(H2,5,6). The van der Waals surface area contributed by atoms with Gasteiger partial charge in [-0.3, -0.25) is 5.41 Å². The van der Waals surface area contributed by atoms with E-state index in [1.54, 1.807) is 0 Å². The van der Waals surface area contributed by atoms with Crippen LogP contribution in [0.5, 0.6) is 0 Å². The summed E-state index contributed by atoms with van der Waals surface area (Å²) in [4.78, 5) is 0. The van der Waals surface area contributed by atoms with Crippen LogP contribution in [0.25, 0.3) is 0 Å². The van der Waals surface area contributed by atoms with E-state index in [0.717, 1.165) is 6.54 Å². The average molecular weight is 100 g/mol. The summed E-state index contributed by atoms with van der Waals surface area (Å²) < 4.78 is 4.83. The van der Waals surface area contributed by atoms with Crippen molar-refractivity contribution in [1.29, 1.82) is 5.41 Å². The fraction of sp³-hybridized carbons (Fsp3) is 0.750. The molecule has 1 aliphatic heterocycles. The highest BCUT2D eigenvalue weighted by Gasteiger charge is 2.12. The molecule has 1 fully saturated rings. The third-order valence-electron chi connectivity index (χ3n) is 0.869. The van der Waals surface area contributed by atoms with Crippen molar-refractivity contribution in [3.05, 3.63) is 0 Å². The zero-order valence-electron chi connectivity index (χ0n) is 4.19. The molecule has 1 aliphatic rings. The molecule has 1 saturated heterocycles. The van der Waals surface area contributed by atoms with Gasteiger partial charge in [0.1, 0.15) is 6.10 Å². The first-order chi connectivity index (χ1) is 3.29. The van der Waals surface area contributed by atoms with E-state index in [2.05, 4.69) is 5.32 Å². The summed E-state index contributed by atoms with van der Waals surface area (Å²) in [7, 11) is 0. The van der Waals surface area contributed by atoms with Crippen molar-refractivity contribution in [3.63, 3.8) is 0 Å². The van der Waals surface area contributed by atoms with Crippen molar-refractivity contribution in [3.8, 4) is 0 Å². The molecule has 0 amide bonds. The van der Waals surface area contributed by atoms with Gasteiger partial charge < -0.3 is 10.1 Å². The first-order valence-electron chi connectivity index (χ1n) is 2.28. The number of nitrogens with one attached hydrogen (secondary N) is 2. The zero-order chi connectivity index (χ0) is 5.28. The quantitative estimate of drug-likeness (QED) is 0.447. The van der Waals surface area contributed by atoms with Crippen LogP contribution in [-0.2, 0) is 4.74 Å². The second-order valence-electron chi connectivity index (χ2n) is 1.64. The molecule has 0 aromatic carbocycles. The molecule has 0 radical (unpaired) electrons. The first-order valence-corrected chi connectivity index (χ1v) is 2.28. The lowest BCUT2D eigenvalue weighted by Crippen LogP contribution is -2.13. The highest BCUT2D eigenvalue weighted by Crippen LogP contribution is 1.94. The van der Waals surface area contributed by atoms with Crippen molar-refractivity contribution in [1.82, 2.24) is 5.32 Å². The van der Waals surface area contributed by atoms with Crippen LogP contribution in [0, 0.1) is 5.41 Å². The molecule has 0 aliphatic carbocycles. The van der Waals surface area contributed by atoms with Crippen molar-refractivity contribution in [2.45, 2.75) is 13.0 Å². The summed E-state index contributed by atoms with van der Waals surface area (Å²) in [5, 5.41) is 9.58. The lowest BCUT2D eigenvalue weighted by Gasteiger charge is -1.94. The molecule has 0 bridgehead atoms. The van der Waals surface area contributed by atoms with Crippen molar-refractivity contribution in [2.75, 3.05) is 6.54 Å². The van der Waals surface area contributed by atoms with Crippen molar-refractivity contribution in [2.24, 2.45) is 0 Å². The largest absolute Gasteiger partial charge is 0.461 e. The van der Waals surface area contributed by atoms with Crippen LogP contribution in [0.2, 0.25) is 0 Å². The van der Waals surface area contributed by atoms with E-state index in [1.165, 1.54) is 0 Å². The van der Waals surface area contributed by atoms with E-state index in [0.29, 0.717) is 0 Å². The molecule has 0 aromatic rings. The first kappa shape index (κ1) is 4.43. The minimum Gasteiger partial charge on any atom is -0.461 e. The molecule has 0 saturated carbocycles. The van der Waals surface area contributed by atoms with E-state index < -0.39 is 0 Å². The molecule has 0 aromatic heterocycles. The van der Waals surface area contributed by atoms with E-state index in [9.17, 15) is 0 Å². The monoisotopic (exact) mass is 100 g/mol. The van der Waals surface area contributed by atoms with Crippen molar-refractivity contribution < 1.29 is 4.74 Å².